The lowest BCUT2D eigenvalue weighted by Gasteiger charge is -2.30. The second-order valence-electron chi connectivity index (χ2n) is 3.70. The summed E-state index contributed by atoms with van der Waals surface area (Å²) >= 11 is 0. The Kier molecular flexibility index (Phi) is 4.45. The molecule has 0 spiro atoms. The second-order valence-corrected chi connectivity index (χ2v) is 3.70. The zero-order valence-electron chi connectivity index (χ0n) is 8.66. The molecule has 0 aromatic rings. The fraction of sp³-hybridized carbons (Fsp3) is 0.778. The van der Waals surface area contributed by atoms with E-state index in [9.17, 15) is 18.4 Å². The molecular formula is C9H14F2N2O3. The number of carbonyl (C=O) groups is 2. The molecule has 1 saturated heterocycles. The number of aliphatic carboxylic acids is 1. The largest absolute Gasteiger partial charge is 0.481 e. The van der Waals surface area contributed by atoms with Gasteiger partial charge in [0.1, 0.15) is 0 Å². The van der Waals surface area contributed by atoms with E-state index in [0.717, 1.165) is 0 Å². The van der Waals surface area contributed by atoms with E-state index in [1.54, 1.807) is 0 Å². The van der Waals surface area contributed by atoms with Crippen LogP contribution in [0, 0.1) is 5.92 Å². The van der Waals surface area contributed by atoms with E-state index in [2.05, 4.69) is 5.32 Å². The third-order valence-electron chi connectivity index (χ3n) is 2.47. The lowest BCUT2D eigenvalue weighted by atomic mass is 9.99. The van der Waals surface area contributed by atoms with E-state index >= 15 is 0 Å². The van der Waals surface area contributed by atoms with Crippen molar-refractivity contribution in [3.8, 4) is 0 Å². The van der Waals surface area contributed by atoms with Crippen molar-refractivity contribution in [3.05, 3.63) is 0 Å². The quantitative estimate of drug-likeness (QED) is 0.760. The molecule has 0 saturated carbocycles. The molecule has 2 N–H and O–H groups in total. The minimum atomic E-state index is -2.59. The smallest absolute Gasteiger partial charge is 0.317 e. The van der Waals surface area contributed by atoms with Crippen molar-refractivity contribution in [1.82, 2.24) is 10.2 Å². The Bertz CT molecular complexity index is 273. The van der Waals surface area contributed by atoms with Crippen molar-refractivity contribution in [2.75, 3.05) is 19.6 Å². The van der Waals surface area contributed by atoms with Gasteiger partial charge in [-0.3, -0.25) is 4.79 Å². The van der Waals surface area contributed by atoms with E-state index in [-0.39, 0.29) is 6.54 Å². The number of carboxylic acids is 1. The minimum Gasteiger partial charge on any atom is -0.481 e. The van der Waals surface area contributed by atoms with E-state index in [1.165, 1.54) is 4.90 Å². The van der Waals surface area contributed by atoms with Crippen LogP contribution in [0.25, 0.3) is 0 Å². The minimum absolute atomic E-state index is 0.0877. The van der Waals surface area contributed by atoms with Crippen LogP contribution < -0.4 is 5.32 Å². The highest BCUT2D eigenvalue weighted by molar-refractivity contribution is 5.76. The molecule has 0 aliphatic carbocycles. The first kappa shape index (κ1) is 12.7. The lowest BCUT2D eigenvalue weighted by Crippen LogP contribution is -2.47. The number of carbonyl (C=O) groups excluding carboxylic acids is 1. The first-order valence-corrected chi connectivity index (χ1v) is 5.04. The Morgan fingerprint density at radius 3 is 2.75 bits per heavy atom. The van der Waals surface area contributed by atoms with Gasteiger partial charge >= 0.3 is 12.0 Å². The summed E-state index contributed by atoms with van der Waals surface area (Å²) in [6, 6.07) is -0.619. The van der Waals surface area contributed by atoms with E-state index in [0.29, 0.717) is 19.4 Å². The molecule has 1 fully saturated rings. The number of amides is 2. The summed E-state index contributed by atoms with van der Waals surface area (Å²) in [7, 11) is 0. The normalized spacial score (nSPS) is 20.9. The summed E-state index contributed by atoms with van der Waals surface area (Å²) in [5.74, 6) is -1.54. The molecule has 0 unspecified atom stereocenters. The number of carboxylic acid groups (broad SMARTS) is 1. The van der Waals surface area contributed by atoms with Gasteiger partial charge in [-0.15, -0.1) is 0 Å². The highest BCUT2D eigenvalue weighted by Crippen LogP contribution is 2.16. The highest BCUT2D eigenvalue weighted by atomic mass is 19.3. The number of rotatable bonds is 3. The molecule has 1 aliphatic heterocycles. The van der Waals surface area contributed by atoms with Crippen molar-refractivity contribution in [2.24, 2.45) is 5.92 Å². The summed E-state index contributed by atoms with van der Waals surface area (Å²) in [6.07, 6.45) is -1.49. The molecule has 16 heavy (non-hydrogen) atoms. The summed E-state index contributed by atoms with van der Waals surface area (Å²) < 4.78 is 23.7. The number of alkyl halides is 2. The number of urea groups is 1. The van der Waals surface area contributed by atoms with Gasteiger partial charge < -0.3 is 15.3 Å². The molecule has 1 aliphatic rings. The van der Waals surface area contributed by atoms with Crippen LogP contribution in [-0.2, 0) is 4.79 Å². The van der Waals surface area contributed by atoms with E-state index < -0.39 is 30.9 Å². The molecule has 1 heterocycles. The van der Waals surface area contributed by atoms with Gasteiger partial charge in [-0.2, -0.15) is 0 Å². The average molecular weight is 236 g/mol. The van der Waals surface area contributed by atoms with Crippen molar-refractivity contribution >= 4 is 12.0 Å². The maximum Gasteiger partial charge on any atom is 0.317 e. The van der Waals surface area contributed by atoms with Gasteiger partial charge in [-0.05, 0) is 12.8 Å². The monoisotopic (exact) mass is 236 g/mol. The first-order chi connectivity index (χ1) is 7.50. The average Bonchev–Trinajstić information content (AvgIpc) is 2.26. The summed E-state index contributed by atoms with van der Waals surface area (Å²) in [6.45, 7) is -0.198. The Hall–Kier alpha value is -1.40. The fourth-order valence-electron chi connectivity index (χ4n) is 1.64. The first-order valence-electron chi connectivity index (χ1n) is 5.04. The number of nitrogens with zero attached hydrogens (tertiary/aromatic N) is 1. The van der Waals surface area contributed by atoms with Gasteiger partial charge in [-0.1, -0.05) is 0 Å². The molecule has 2 amide bonds. The fourth-order valence-corrected chi connectivity index (χ4v) is 1.64. The molecule has 1 atom stereocenters. The Morgan fingerprint density at radius 1 is 1.50 bits per heavy atom. The lowest BCUT2D eigenvalue weighted by molar-refractivity contribution is -0.143. The maximum absolute atomic E-state index is 11.8. The maximum atomic E-state index is 11.8. The van der Waals surface area contributed by atoms with Crippen LogP contribution in [0.4, 0.5) is 13.6 Å². The van der Waals surface area contributed by atoms with Crippen molar-refractivity contribution < 1.29 is 23.5 Å². The van der Waals surface area contributed by atoms with Crippen LogP contribution in [0.2, 0.25) is 0 Å². The number of nitrogens with one attached hydrogen (secondary N) is 1. The van der Waals surface area contributed by atoms with Crippen molar-refractivity contribution in [2.45, 2.75) is 19.3 Å². The van der Waals surface area contributed by atoms with Crippen LogP contribution in [-0.4, -0.2) is 48.1 Å². The van der Waals surface area contributed by atoms with E-state index in [1.807, 2.05) is 0 Å². The molecule has 0 aromatic carbocycles. The van der Waals surface area contributed by atoms with E-state index in [4.69, 9.17) is 5.11 Å². The highest BCUT2D eigenvalue weighted by Gasteiger charge is 2.28. The third-order valence-corrected chi connectivity index (χ3v) is 2.47. The van der Waals surface area contributed by atoms with Gasteiger partial charge in [0.25, 0.3) is 6.43 Å². The number of hydrogen-bond acceptors (Lipinski definition) is 2. The SMILES string of the molecule is O=C(O)[C@@H]1CCCN(C(=O)NCC(F)F)C1. The topological polar surface area (TPSA) is 69.6 Å². The van der Waals surface area contributed by atoms with Gasteiger partial charge in [0, 0.05) is 13.1 Å². The standard InChI is InChI=1S/C9H14F2N2O3/c10-7(11)4-12-9(16)13-3-1-2-6(5-13)8(14)15/h6-7H,1-5H2,(H,12,16)(H,14,15)/t6-/m1/s1. The van der Waals surface area contributed by atoms with Gasteiger partial charge in [0.15, 0.2) is 0 Å². The van der Waals surface area contributed by atoms with Crippen molar-refractivity contribution in [3.63, 3.8) is 0 Å². The van der Waals surface area contributed by atoms with Crippen LogP contribution >= 0.6 is 0 Å². The molecule has 92 valence electrons. The number of halogens is 2. The Labute approximate surface area is 91.4 Å². The number of likely N-dealkylation sites (tertiary alicyclic amines) is 1. The molecule has 7 heteroatoms. The molecule has 0 radical (unpaired) electrons. The number of hydrogen-bond donors (Lipinski definition) is 2. The zero-order chi connectivity index (χ0) is 12.1. The van der Waals surface area contributed by atoms with Crippen LogP contribution in [0.15, 0.2) is 0 Å². The third kappa shape index (κ3) is 3.63. The number of piperidine rings is 1. The van der Waals surface area contributed by atoms with Gasteiger partial charge in [-0.25, -0.2) is 13.6 Å². The molecule has 5 nitrogen and oxygen atoms in total. The molecular weight excluding hydrogens is 222 g/mol. The Morgan fingerprint density at radius 2 is 2.19 bits per heavy atom. The predicted octanol–water partition coefficient (Wildman–Crippen LogP) is 0.758. The molecule has 1 rings (SSSR count). The Balaban J connectivity index is 2.41. The van der Waals surface area contributed by atoms with Gasteiger partial charge in [0.05, 0.1) is 12.5 Å². The van der Waals surface area contributed by atoms with Crippen LogP contribution in [0.3, 0.4) is 0 Å². The van der Waals surface area contributed by atoms with Crippen LogP contribution in [0.5, 0.6) is 0 Å². The zero-order valence-corrected chi connectivity index (χ0v) is 8.66. The summed E-state index contributed by atoms with van der Waals surface area (Å²) in [5.41, 5.74) is 0. The van der Waals surface area contributed by atoms with Crippen LogP contribution in [0.1, 0.15) is 12.8 Å². The van der Waals surface area contributed by atoms with Crippen molar-refractivity contribution in [1.29, 1.82) is 0 Å². The second kappa shape index (κ2) is 5.62. The summed E-state index contributed by atoms with van der Waals surface area (Å²) in [5, 5.41) is 10.8. The predicted molar refractivity (Wildman–Crippen MR) is 51.3 cm³/mol. The summed E-state index contributed by atoms with van der Waals surface area (Å²) in [4.78, 5) is 23.3. The molecule has 0 aromatic heterocycles. The molecule has 0 bridgehead atoms. The van der Waals surface area contributed by atoms with Gasteiger partial charge in [0.2, 0.25) is 0 Å².